The Morgan fingerprint density at radius 2 is 1.30 bits per heavy atom. The summed E-state index contributed by atoms with van der Waals surface area (Å²) in [7, 11) is 0. The summed E-state index contributed by atoms with van der Waals surface area (Å²) in [5.41, 5.74) is 7.00. The highest BCUT2D eigenvalue weighted by Crippen LogP contribution is 2.44. The summed E-state index contributed by atoms with van der Waals surface area (Å²) in [6, 6.07) is 28.0. The third-order valence-electron chi connectivity index (χ3n) is 5.70. The number of fused-ring (bicyclic) bond motifs is 3. The first-order valence-corrected chi connectivity index (χ1v) is 9.82. The molecular weight excluding hydrogens is 372 g/mol. The summed E-state index contributed by atoms with van der Waals surface area (Å²) in [5.74, 6) is -1.11. The van der Waals surface area contributed by atoms with Crippen molar-refractivity contribution in [3.63, 3.8) is 0 Å². The van der Waals surface area contributed by atoms with E-state index >= 15 is 0 Å². The van der Waals surface area contributed by atoms with Gasteiger partial charge in [0.1, 0.15) is 0 Å². The van der Waals surface area contributed by atoms with E-state index in [2.05, 4.69) is 12.1 Å². The topological polar surface area (TPSA) is 54.4 Å². The lowest BCUT2D eigenvalue weighted by atomic mass is 9.86. The van der Waals surface area contributed by atoms with E-state index in [0.29, 0.717) is 23.1 Å². The van der Waals surface area contributed by atoms with Crippen LogP contribution in [0.2, 0.25) is 0 Å². The van der Waals surface area contributed by atoms with Crippen molar-refractivity contribution >= 4 is 11.8 Å². The molecule has 0 aromatic heterocycles. The number of rotatable bonds is 4. The van der Waals surface area contributed by atoms with Gasteiger partial charge in [-0.25, -0.2) is 4.79 Å². The highest BCUT2D eigenvalue weighted by molar-refractivity contribution is 6.15. The molecule has 3 nitrogen and oxygen atoms in total. The molecule has 0 radical (unpaired) electrons. The lowest BCUT2D eigenvalue weighted by molar-refractivity contribution is 0.0697. The van der Waals surface area contributed by atoms with Crippen molar-refractivity contribution in [2.45, 2.75) is 6.42 Å². The van der Waals surface area contributed by atoms with Crippen LogP contribution in [0.15, 0.2) is 91.0 Å². The largest absolute Gasteiger partial charge is 0.478 e. The molecule has 0 saturated heterocycles. The average Bonchev–Trinajstić information content (AvgIpc) is 3.17. The van der Waals surface area contributed by atoms with Gasteiger partial charge in [-0.15, -0.1) is 0 Å². The maximum Gasteiger partial charge on any atom is 0.336 e. The van der Waals surface area contributed by atoms with Crippen LogP contribution in [0.3, 0.4) is 0 Å². The van der Waals surface area contributed by atoms with Crippen molar-refractivity contribution < 1.29 is 14.7 Å². The second-order valence-electron chi connectivity index (χ2n) is 7.39. The van der Waals surface area contributed by atoms with Crippen LogP contribution in [-0.4, -0.2) is 16.9 Å². The Bertz CT molecular complexity index is 1300. The van der Waals surface area contributed by atoms with Crippen LogP contribution in [0.5, 0.6) is 0 Å². The van der Waals surface area contributed by atoms with Gasteiger partial charge in [-0.2, -0.15) is 0 Å². The third kappa shape index (κ3) is 2.83. The average molecular weight is 390 g/mol. The molecule has 1 aliphatic rings. The molecule has 0 fully saturated rings. The fraction of sp³-hybridized carbons (Fsp3) is 0.0370. The third-order valence-corrected chi connectivity index (χ3v) is 5.70. The lowest BCUT2D eigenvalue weighted by Gasteiger charge is -2.16. The molecule has 5 rings (SSSR count). The molecular formula is C27H18O3. The molecule has 0 bridgehead atoms. The predicted octanol–water partition coefficient (Wildman–Crippen LogP) is 5.85. The van der Waals surface area contributed by atoms with Gasteiger partial charge in [0.25, 0.3) is 0 Å². The zero-order valence-electron chi connectivity index (χ0n) is 16.1. The summed E-state index contributed by atoms with van der Waals surface area (Å²) in [5, 5.41) is 9.81. The zero-order chi connectivity index (χ0) is 20.7. The number of hydrogen-bond donors (Lipinski definition) is 1. The molecule has 30 heavy (non-hydrogen) atoms. The zero-order valence-corrected chi connectivity index (χ0v) is 16.1. The molecule has 4 aromatic rings. The van der Waals surface area contributed by atoms with Crippen molar-refractivity contribution in [3.8, 4) is 22.3 Å². The van der Waals surface area contributed by atoms with Crippen LogP contribution in [0.4, 0.5) is 0 Å². The van der Waals surface area contributed by atoms with Gasteiger partial charge in [-0.1, -0.05) is 78.9 Å². The molecule has 1 N–H and O–H groups in total. The highest BCUT2D eigenvalue weighted by Gasteiger charge is 2.28. The van der Waals surface area contributed by atoms with Crippen LogP contribution < -0.4 is 0 Å². The number of carbonyl (C=O) groups excluding carboxylic acids is 1. The van der Waals surface area contributed by atoms with E-state index in [1.165, 1.54) is 5.56 Å². The van der Waals surface area contributed by atoms with E-state index in [9.17, 15) is 14.7 Å². The summed E-state index contributed by atoms with van der Waals surface area (Å²) < 4.78 is 0. The molecule has 0 atom stereocenters. The van der Waals surface area contributed by atoms with Crippen molar-refractivity contribution in [3.05, 3.63) is 119 Å². The van der Waals surface area contributed by atoms with E-state index in [1.54, 1.807) is 30.3 Å². The minimum atomic E-state index is -1.00. The number of carboxylic acid groups (broad SMARTS) is 1. The Hall–Kier alpha value is -3.98. The summed E-state index contributed by atoms with van der Waals surface area (Å²) >= 11 is 0. The van der Waals surface area contributed by atoms with Gasteiger partial charge < -0.3 is 5.11 Å². The van der Waals surface area contributed by atoms with E-state index in [0.717, 1.165) is 22.3 Å². The number of benzene rings is 4. The summed E-state index contributed by atoms with van der Waals surface area (Å²) in [6.45, 7) is 0. The van der Waals surface area contributed by atoms with Crippen molar-refractivity contribution in [2.75, 3.05) is 0 Å². The van der Waals surface area contributed by atoms with Gasteiger partial charge in [0.2, 0.25) is 0 Å². The molecule has 0 amide bonds. The Morgan fingerprint density at radius 3 is 2.07 bits per heavy atom. The predicted molar refractivity (Wildman–Crippen MR) is 117 cm³/mol. The molecule has 144 valence electrons. The lowest BCUT2D eigenvalue weighted by Crippen LogP contribution is -2.08. The second kappa shape index (κ2) is 7.12. The highest BCUT2D eigenvalue weighted by atomic mass is 16.4. The Kier molecular flexibility index (Phi) is 4.29. The molecule has 0 saturated carbocycles. The normalized spacial score (nSPS) is 11.6. The molecule has 0 spiro atoms. The number of aromatic carboxylic acids is 1. The van der Waals surface area contributed by atoms with Crippen LogP contribution in [0.1, 0.15) is 37.4 Å². The fourth-order valence-electron chi connectivity index (χ4n) is 4.34. The number of carbonyl (C=O) groups is 2. The fourth-order valence-corrected chi connectivity index (χ4v) is 4.34. The maximum absolute atomic E-state index is 13.4. The van der Waals surface area contributed by atoms with E-state index in [-0.39, 0.29) is 11.3 Å². The molecule has 0 aliphatic heterocycles. The molecule has 3 heteroatoms. The molecule has 1 aliphatic carbocycles. The monoisotopic (exact) mass is 390 g/mol. The van der Waals surface area contributed by atoms with Crippen LogP contribution >= 0.6 is 0 Å². The van der Waals surface area contributed by atoms with Gasteiger partial charge >= 0.3 is 5.97 Å². The Balaban J connectivity index is 1.81. The summed E-state index contributed by atoms with van der Waals surface area (Å²) in [6.07, 6.45) is 0.671. The van der Waals surface area contributed by atoms with E-state index in [1.807, 2.05) is 48.5 Å². The minimum absolute atomic E-state index is 0.107. The maximum atomic E-state index is 13.4. The van der Waals surface area contributed by atoms with Gasteiger partial charge in [0.15, 0.2) is 5.78 Å². The van der Waals surface area contributed by atoms with Crippen molar-refractivity contribution in [1.29, 1.82) is 0 Å². The van der Waals surface area contributed by atoms with Crippen LogP contribution in [0, 0.1) is 0 Å². The number of ketones is 1. The smallest absolute Gasteiger partial charge is 0.336 e. The van der Waals surface area contributed by atoms with Crippen LogP contribution in [-0.2, 0) is 6.42 Å². The van der Waals surface area contributed by atoms with Gasteiger partial charge in [0, 0.05) is 11.1 Å². The SMILES string of the molecule is O=C(O)c1ccccc1-c1c(C(=O)c2ccccc2)ccc2c1Cc1ccccc1-2. The van der Waals surface area contributed by atoms with Crippen molar-refractivity contribution in [1.82, 2.24) is 0 Å². The van der Waals surface area contributed by atoms with Gasteiger partial charge in [-0.3, -0.25) is 4.79 Å². The van der Waals surface area contributed by atoms with Crippen molar-refractivity contribution in [2.24, 2.45) is 0 Å². The summed E-state index contributed by atoms with van der Waals surface area (Å²) in [4.78, 5) is 25.4. The van der Waals surface area contributed by atoms with Gasteiger partial charge in [-0.05, 0) is 51.9 Å². The number of carboxylic acids is 1. The quantitative estimate of drug-likeness (QED) is 0.391. The molecule has 4 aromatic carbocycles. The van der Waals surface area contributed by atoms with E-state index < -0.39 is 5.97 Å². The second-order valence-corrected chi connectivity index (χ2v) is 7.39. The Labute approximate surface area is 174 Å². The van der Waals surface area contributed by atoms with Crippen LogP contribution in [0.25, 0.3) is 22.3 Å². The number of hydrogen-bond acceptors (Lipinski definition) is 2. The molecule has 0 unspecified atom stereocenters. The first-order chi connectivity index (χ1) is 14.6. The first-order valence-electron chi connectivity index (χ1n) is 9.82. The van der Waals surface area contributed by atoms with E-state index in [4.69, 9.17) is 0 Å². The van der Waals surface area contributed by atoms with Gasteiger partial charge in [0.05, 0.1) is 5.56 Å². The standard InChI is InChI=1S/C27H18O3/c28-26(17-8-2-1-3-9-17)23-15-14-20-19-11-5-4-10-18(19)16-24(20)25(23)21-12-6-7-13-22(21)27(29)30/h1-15H,16H2,(H,29,30). The minimum Gasteiger partial charge on any atom is -0.478 e. The first kappa shape index (κ1) is 18.1. The Morgan fingerprint density at radius 1 is 0.633 bits per heavy atom. The molecule has 0 heterocycles.